The molecule has 2 saturated carbocycles. The van der Waals surface area contributed by atoms with Gasteiger partial charge >= 0.3 is 0 Å². The summed E-state index contributed by atoms with van der Waals surface area (Å²) >= 11 is 0. The molecule has 0 amide bonds. The molecule has 22 heavy (non-hydrogen) atoms. The Bertz CT molecular complexity index is 327. The molecular formula is C21H39N. The summed E-state index contributed by atoms with van der Waals surface area (Å²) in [6.07, 6.45) is 17.9. The van der Waals surface area contributed by atoms with Gasteiger partial charge in [0.1, 0.15) is 0 Å². The van der Waals surface area contributed by atoms with Crippen molar-refractivity contribution < 1.29 is 0 Å². The van der Waals surface area contributed by atoms with Crippen LogP contribution in [0.15, 0.2) is 0 Å². The highest BCUT2D eigenvalue weighted by molar-refractivity contribution is 4.93. The van der Waals surface area contributed by atoms with Gasteiger partial charge in [-0.3, -0.25) is 0 Å². The lowest BCUT2D eigenvalue weighted by atomic mass is 9.78. The molecular weight excluding hydrogens is 266 g/mol. The van der Waals surface area contributed by atoms with Crippen molar-refractivity contribution in [2.45, 2.75) is 103 Å². The fourth-order valence-corrected chi connectivity index (χ4v) is 6.25. The summed E-state index contributed by atoms with van der Waals surface area (Å²) in [6.45, 7) is 4.77. The van der Waals surface area contributed by atoms with Gasteiger partial charge < -0.3 is 4.90 Å². The van der Waals surface area contributed by atoms with Crippen LogP contribution in [0.5, 0.6) is 0 Å². The van der Waals surface area contributed by atoms with Crippen LogP contribution in [0.2, 0.25) is 0 Å². The Kier molecular flexibility index (Phi) is 5.87. The standard InChI is InChI=1S/C21H39N/c1-4-6-10-20-12-11-17(5-2)21(22(20)3)15-16-13-18-8-7-9-19(18)14-16/h16-21H,4-15H2,1-3H3. The van der Waals surface area contributed by atoms with Crippen LogP contribution >= 0.6 is 0 Å². The van der Waals surface area contributed by atoms with Crippen molar-refractivity contribution in [3.05, 3.63) is 0 Å². The monoisotopic (exact) mass is 305 g/mol. The van der Waals surface area contributed by atoms with Crippen molar-refractivity contribution >= 4 is 0 Å². The van der Waals surface area contributed by atoms with Crippen molar-refractivity contribution in [2.24, 2.45) is 23.7 Å². The Hall–Kier alpha value is -0.0400. The van der Waals surface area contributed by atoms with E-state index in [0.29, 0.717) is 0 Å². The minimum Gasteiger partial charge on any atom is -0.300 e. The molecule has 0 spiro atoms. The topological polar surface area (TPSA) is 3.24 Å². The van der Waals surface area contributed by atoms with Crippen LogP contribution in [-0.4, -0.2) is 24.0 Å². The number of unbranched alkanes of at least 4 members (excludes halogenated alkanes) is 1. The van der Waals surface area contributed by atoms with Crippen LogP contribution in [0.25, 0.3) is 0 Å². The Morgan fingerprint density at radius 1 is 0.955 bits per heavy atom. The molecule has 0 aromatic carbocycles. The maximum atomic E-state index is 2.83. The molecule has 0 aromatic heterocycles. The van der Waals surface area contributed by atoms with Gasteiger partial charge in [-0.05, 0) is 69.2 Å². The maximum absolute atomic E-state index is 2.83. The molecule has 3 fully saturated rings. The number of hydrogen-bond acceptors (Lipinski definition) is 1. The predicted octanol–water partition coefficient (Wildman–Crippen LogP) is 5.88. The van der Waals surface area contributed by atoms with Crippen LogP contribution in [0.4, 0.5) is 0 Å². The van der Waals surface area contributed by atoms with Gasteiger partial charge in [-0.2, -0.15) is 0 Å². The van der Waals surface area contributed by atoms with Gasteiger partial charge in [0.25, 0.3) is 0 Å². The van der Waals surface area contributed by atoms with Crippen molar-refractivity contribution in [1.82, 2.24) is 4.90 Å². The van der Waals surface area contributed by atoms with Crippen LogP contribution in [0, 0.1) is 23.7 Å². The van der Waals surface area contributed by atoms with Crippen LogP contribution < -0.4 is 0 Å². The third-order valence-corrected chi connectivity index (χ3v) is 7.59. The zero-order chi connectivity index (χ0) is 15.5. The lowest BCUT2D eigenvalue weighted by Gasteiger charge is -2.45. The zero-order valence-corrected chi connectivity index (χ0v) is 15.4. The molecule has 1 nitrogen and oxygen atoms in total. The fraction of sp³-hybridized carbons (Fsp3) is 1.00. The minimum absolute atomic E-state index is 0.883. The first-order valence-electron chi connectivity index (χ1n) is 10.4. The average molecular weight is 306 g/mol. The number of rotatable bonds is 6. The van der Waals surface area contributed by atoms with E-state index in [1.54, 1.807) is 25.7 Å². The molecule has 1 saturated heterocycles. The maximum Gasteiger partial charge on any atom is 0.0126 e. The van der Waals surface area contributed by atoms with Gasteiger partial charge in [-0.25, -0.2) is 0 Å². The molecule has 3 aliphatic rings. The van der Waals surface area contributed by atoms with E-state index in [4.69, 9.17) is 0 Å². The molecule has 0 radical (unpaired) electrons. The van der Waals surface area contributed by atoms with E-state index < -0.39 is 0 Å². The van der Waals surface area contributed by atoms with E-state index in [0.717, 1.165) is 35.8 Å². The van der Waals surface area contributed by atoms with Crippen molar-refractivity contribution in [2.75, 3.05) is 7.05 Å². The zero-order valence-electron chi connectivity index (χ0n) is 15.4. The van der Waals surface area contributed by atoms with E-state index >= 15 is 0 Å². The first kappa shape index (κ1) is 16.8. The highest BCUT2D eigenvalue weighted by Gasteiger charge is 2.41. The smallest absolute Gasteiger partial charge is 0.0126 e. The van der Waals surface area contributed by atoms with Gasteiger partial charge in [0.2, 0.25) is 0 Å². The third-order valence-electron chi connectivity index (χ3n) is 7.59. The van der Waals surface area contributed by atoms with Crippen molar-refractivity contribution in [3.63, 3.8) is 0 Å². The second-order valence-electron chi connectivity index (χ2n) is 8.80. The van der Waals surface area contributed by atoms with Gasteiger partial charge in [-0.1, -0.05) is 52.4 Å². The number of fused-ring (bicyclic) bond motifs is 1. The van der Waals surface area contributed by atoms with Gasteiger partial charge in [-0.15, -0.1) is 0 Å². The summed E-state index contributed by atoms with van der Waals surface area (Å²) < 4.78 is 0. The summed E-state index contributed by atoms with van der Waals surface area (Å²) in [5.74, 6) is 4.27. The van der Waals surface area contributed by atoms with E-state index in [-0.39, 0.29) is 0 Å². The molecule has 0 aromatic rings. The van der Waals surface area contributed by atoms with E-state index in [1.807, 2.05) is 0 Å². The first-order chi connectivity index (χ1) is 10.7. The number of piperidine rings is 1. The summed E-state index contributed by atoms with van der Waals surface area (Å²) in [6, 6.07) is 1.78. The van der Waals surface area contributed by atoms with Gasteiger partial charge in [0.05, 0.1) is 0 Å². The molecule has 5 atom stereocenters. The summed E-state index contributed by atoms with van der Waals surface area (Å²) in [5, 5.41) is 0. The minimum atomic E-state index is 0.883. The lowest BCUT2D eigenvalue weighted by Crippen LogP contribution is -2.49. The molecule has 1 heterocycles. The Morgan fingerprint density at radius 3 is 2.32 bits per heavy atom. The molecule has 3 rings (SSSR count). The third kappa shape index (κ3) is 3.55. The van der Waals surface area contributed by atoms with Crippen molar-refractivity contribution in [3.8, 4) is 0 Å². The Labute approximate surface area is 139 Å². The summed E-state index contributed by atoms with van der Waals surface area (Å²) in [4.78, 5) is 2.83. The Morgan fingerprint density at radius 2 is 1.68 bits per heavy atom. The lowest BCUT2D eigenvalue weighted by molar-refractivity contribution is 0.0409. The quantitative estimate of drug-likeness (QED) is 0.592. The largest absolute Gasteiger partial charge is 0.300 e. The number of nitrogens with zero attached hydrogens (tertiary/aromatic N) is 1. The SMILES string of the molecule is CCCCC1CCC(CC)C(CC2CC3CCCC3C2)N1C. The molecule has 128 valence electrons. The normalized spacial score (nSPS) is 42.7. The highest BCUT2D eigenvalue weighted by atomic mass is 15.2. The van der Waals surface area contributed by atoms with E-state index in [2.05, 4.69) is 25.8 Å². The van der Waals surface area contributed by atoms with E-state index in [1.165, 1.54) is 51.4 Å². The molecule has 1 aliphatic heterocycles. The molecule has 2 aliphatic carbocycles. The molecule has 1 heteroatoms. The van der Waals surface area contributed by atoms with E-state index in [9.17, 15) is 0 Å². The molecule has 0 N–H and O–H groups in total. The van der Waals surface area contributed by atoms with Crippen LogP contribution in [0.1, 0.15) is 90.9 Å². The van der Waals surface area contributed by atoms with Gasteiger partial charge in [0.15, 0.2) is 0 Å². The molecule has 0 bridgehead atoms. The summed E-state index contributed by atoms with van der Waals surface area (Å²) in [5.41, 5.74) is 0. The number of likely N-dealkylation sites (tertiary alicyclic amines) is 1. The predicted molar refractivity (Wildman–Crippen MR) is 96.1 cm³/mol. The number of hydrogen-bond donors (Lipinski definition) is 0. The second kappa shape index (κ2) is 7.69. The van der Waals surface area contributed by atoms with Gasteiger partial charge in [0, 0.05) is 12.1 Å². The summed E-state index contributed by atoms with van der Waals surface area (Å²) in [7, 11) is 2.46. The molecule has 5 unspecified atom stereocenters. The first-order valence-corrected chi connectivity index (χ1v) is 10.4. The van der Waals surface area contributed by atoms with Crippen LogP contribution in [0.3, 0.4) is 0 Å². The highest BCUT2D eigenvalue weighted by Crippen LogP contribution is 2.49. The average Bonchev–Trinajstić information content (AvgIpc) is 3.09. The van der Waals surface area contributed by atoms with Crippen LogP contribution in [-0.2, 0) is 0 Å². The Balaban J connectivity index is 1.58. The van der Waals surface area contributed by atoms with Crippen molar-refractivity contribution in [1.29, 1.82) is 0 Å². The second-order valence-corrected chi connectivity index (χ2v) is 8.80. The fourth-order valence-electron chi connectivity index (χ4n) is 6.25.